The van der Waals surface area contributed by atoms with Gasteiger partial charge in [0.1, 0.15) is 17.5 Å². The summed E-state index contributed by atoms with van der Waals surface area (Å²) in [5, 5.41) is 7.05. The first-order chi connectivity index (χ1) is 13.4. The monoisotopic (exact) mass is 387 g/mol. The summed E-state index contributed by atoms with van der Waals surface area (Å²) in [5.41, 5.74) is 9.75. The van der Waals surface area contributed by atoms with Crippen molar-refractivity contribution in [3.63, 3.8) is 0 Å². The second-order valence-electron chi connectivity index (χ2n) is 7.10. The molecule has 1 aliphatic rings. The Morgan fingerprint density at radius 3 is 2.50 bits per heavy atom. The van der Waals surface area contributed by atoms with Gasteiger partial charge in [0.25, 0.3) is 0 Å². The fraction of sp³-hybridized carbons (Fsp3) is 0.500. The maximum Gasteiger partial charge on any atom is 0.244 e. The largest absolute Gasteiger partial charge is 0.497 e. The Balaban J connectivity index is 1.61. The van der Waals surface area contributed by atoms with Gasteiger partial charge in [0.05, 0.1) is 19.9 Å². The standard InChI is InChI=1S/C20H29N5O3/c1-13-18(14(2)23-22-13)19(21)20(26)25-9-7-24(8-10-25)12-15-11-16(27-3)5-6-17(15)28-4/h5-6,11,19H,7-10,12,21H2,1-4H3,(H,22,23)/t19-/m1/s1. The lowest BCUT2D eigenvalue weighted by Crippen LogP contribution is -2.50. The van der Waals surface area contributed by atoms with Gasteiger partial charge in [0.15, 0.2) is 0 Å². The van der Waals surface area contributed by atoms with Crippen LogP contribution < -0.4 is 15.2 Å². The molecule has 8 heteroatoms. The van der Waals surface area contributed by atoms with Crippen molar-refractivity contribution in [3.05, 3.63) is 40.7 Å². The van der Waals surface area contributed by atoms with E-state index in [1.165, 1.54) is 0 Å². The van der Waals surface area contributed by atoms with Crippen LogP contribution in [0.1, 0.15) is 28.6 Å². The van der Waals surface area contributed by atoms with E-state index in [1.807, 2.05) is 36.9 Å². The van der Waals surface area contributed by atoms with Gasteiger partial charge in [-0.05, 0) is 32.0 Å². The van der Waals surface area contributed by atoms with Crippen LogP contribution in [0.15, 0.2) is 18.2 Å². The van der Waals surface area contributed by atoms with Gasteiger partial charge in [-0.2, -0.15) is 5.10 Å². The minimum Gasteiger partial charge on any atom is -0.497 e. The summed E-state index contributed by atoms with van der Waals surface area (Å²) in [6, 6.07) is 5.13. The molecule has 0 unspecified atom stereocenters. The van der Waals surface area contributed by atoms with E-state index in [-0.39, 0.29) is 5.91 Å². The normalized spacial score (nSPS) is 16.1. The van der Waals surface area contributed by atoms with E-state index in [9.17, 15) is 4.79 Å². The van der Waals surface area contributed by atoms with Crippen LogP contribution in [0.3, 0.4) is 0 Å². The number of H-pyrrole nitrogens is 1. The van der Waals surface area contributed by atoms with Gasteiger partial charge in [-0.1, -0.05) is 0 Å². The van der Waals surface area contributed by atoms with E-state index in [2.05, 4.69) is 15.1 Å². The Bertz CT molecular complexity index is 808. The van der Waals surface area contributed by atoms with Crippen molar-refractivity contribution in [1.29, 1.82) is 0 Å². The summed E-state index contributed by atoms with van der Waals surface area (Å²) in [7, 11) is 3.33. The molecule has 1 aromatic heterocycles. The highest BCUT2D eigenvalue weighted by Gasteiger charge is 2.29. The highest BCUT2D eigenvalue weighted by molar-refractivity contribution is 5.83. The molecule has 3 N–H and O–H groups in total. The molecule has 1 aliphatic heterocycles. The topological polar surface area (TPSA) is 96.7 Å². The van der Waals surface area contributed by atoms with Crippen LogP contribution in [-0.2, 0) is 11.3 Å². The van der Waals surface area contributed by atoms with Gasteiger partial charge in [-0.3, -0.25) is 14.8 Å². The number of hydrogen-bond acceptors (Lipinski definition) is 6. The number of aromatic amines is 1. The predicted molar refractivity (Wildman–Crippen MR) is 106 cm³/mol. The molecule has 0 aliphatic carbocycles. The first-order valence-corrected chi connectivity index (χ1v) is 9.43. The number of hydrogen-bond donors (Lipinski definition) is 2. The molecule has 1 atom stereocenters. The summed E-state index contributed by atoms with van der Waals surface area (Å²) in [5.74, 6) is 1.60. The molecule has 1 saturated heterocycles. The molecule has 8 nitrogen and oxygen atoms in total. The Hall–Kier alpha value is -2.58. The maximum absolute atomic E-state index is 12.9. The molecule has 2 aromatic rings. The van der Waals surface area contributed by atoms with E-state index < -0.39 is 6.04 Å². The van der Waals surface area contributed by atoms with Gasteiger partial charge in [-0.15, -0.1) is 0 Å². The lowest BCUT2D eigenvalue weighted by molar-refractivity contribution is -0.134. The third kappa shape index (κ3) is 4.13. The van der Waals surface area contributed by atoms with Crippen LogP contribution in [0.25, 0.3) is 0 Å². The quantitative estimate of drug-likeness (QED) is 0.778. The van der Waals surface area contributed by atoms with Crippen molar-refractivity contribution in [2.24, 2.45) is 5.73 Å². The number of nitrogens with one attached hydrogen (secondary N) is 1. The summed E-state index contributed by atoms with van der Waals surface area (Å²) in [4.78, 5) is 17.0. The van der Waals surface area contributed by atoms with Crippen LogP contribution in [-0.4, -0.2) is 66.3 Å². The fourth-order valence-corrected chi connectivity index (χ4v) is 3.71. The second kappa shape index (κ2) is 8.62. The smallest absolute Gasteiger partial charge is 0.244 e. The van der Waals surface area contributed by atoms with Gasteiger partial charge < -0.3 is 20.1 Å². The van der Waals surface area contributed by atoms with Crippen molar-refractivity contribution in [3.8, 4) is 11.5 Å². The summed E-state index contributed by atoms with van der Waals surface area (Å²) in [6.45, 7) is 7.36. The number of ether oxygens (including phenoxy) is 2. The molecule has 2 heterocycles. The first-order valence-electron chi connectivity index (χ1n) is 9.43. The number of aromatic nitrogens is 2. The van der Waals surface area contributed by atoms with Gasteiger partial charge in [0.2, 0.25) is 5.91 Å². The van der Waals surface area contributed by atoms with Crippen molar-refractivity contribution in [2.45, 2.75) is 26.4 Å². The number of methoxy groups -OCH3 is 2. The Labute approximate surface area is 165 Å². The number of amides is 1. The minimum absolute atomic E-state index is 0.0498. The summed E-state index contributed by atoms with van der Waals surface area (Å²) >= 11 is 0. The highest BCUT2D eigenvalue weighted by atomic mass is 16.5. The number of nitrogens with two attached hydrogens (primary N) is 1. The number of aryl methyl sites for hydroxylation is 2. The van der Waals surface area contributed by atoms with E-state index >= 15 is 0 Å². The molecule has 1 amide bonds. The third-order valence-electron chi connectivity index (χ3n) is 5.33. The number of benzene rings is 1. The molecule has 0 spiro atoms. The molecule has 28 heavy (non-hydrogen) atoms. The average Bonchev–Trinajstić information content (AvgIpc) is 3.05. The first kappa shape index (κ1) is 20.2. The van der Waals surface area contributed by atoms with Crippen molar-refractivity contribution in [2.75, 3.05) is 40.4 Å². The van der Waals surface area contributed by atoms with Crippen LogP contribution in [0, 0.1) is 13.8 Å². The Morgan fingerprint density at radius 1 is 1.21 bits per heavy atom. The molecule has 1 aromatic carbocycles. The maximum atomic E-state index is 12.9. The fourth-order valence-electron chi connectivity index (χ4n) is 3.71. The molecule has 1 fully saturated rings. The van der Waals surface area contributed by atoms with Gasteiger partial charge >= 0.3 is 0 Å². The zero-order valence-electron chi connectivity index (χ0n) is 17.0. The molecular formula is C20H29N5O3. The third-order valence-corrected chi connectivity index (χ3v) is 5.33. The van der Waals surface area contributed by atoms with Crippen molar-refractivity contribution in [1.82, 2.24) is 20.0 Å². The second-order valence-corrected chi connectivity index (χ2v) is 7.10. The molecular weight excluding hydrogens is 358 g/mol. The Kier molecular flexibility index (Phi) is 6.21. The zero-order chi connectivity index (χ0) is 20.3. The minimum atomic E-state index is -0.677. The lowest BCUT2D eigenvalue weighted by Gasteiger charge is -2.36. The molecule has 0 saturated carbocycles. The molecule has 0 bridgehead atoms. The molecule has 3 rings (SSSR count). The number of carbonyl (C=O) groups is 1. The van der Waals surface area contributed by atoms with E-state index in [0.29, 0.717) is 13.1 Å². The summed E-state index contributed by atoms with van der Waals surface area (Å²) < 4.78 is 10.8. The number of rotatable bonds is 6. The predicted octanol–water partition coefficient (Wildman–Crippen LogP) is 1.39. The van der Waals surface area contributed by atoms with Crippen molar-refractivity contribution < 1.29 is 14.3 Å². The zero-order valence-corrected chi connectivity index (χ0v) is 17.0. The SMILES string of the molecule is COc1ccc(OC)c(CN2CCN(C(=O)[C@H](N)c3c(C)n[nH]c3C)CC2)c1. The van der Waals surface area contributed by atoms with E-state index in [1.54, 1.807) is 14.2 Å². The van der Waals surface area contributed by atoms with Gasteiger partial charge in [0, 0.05) is 49.5 Å². The summed E-state index contributed by atoms with van der Waals surface area (Å²) in [6.07, 6.45) is 0. The van der Waals surface area contributed by atoms with Crippen LogP contribution in [0.2, 0.25) is 0 Å². The van der Waals surface area contributed by atoms with Crippen LogP contribution in [0.5, 0.6) is 11.5 Å². The van der Waals surface area contributed by atoms with Crippen molar-refractivity contribution >= 4 is 5.91 Å². The number of carbonyl (C=O) groups excluding carboxylic acids is 1. The average molecular weight is 387 g/mol. The number of piperazine rings is 1. The highest BCUT2D eigenvalue weighted by Crippen LogP contribution is 2.26. The van der Waals surface area contributed by atoms with Crippen LogP contribution in [0.4, 0.5) is 0 Å². The lowest BCUT2D eigenvalue weighted by atomic mass is 10.0. The Morgan fingerprint density at radius 2 is 1.93 bits per heavy atom. The number of nitrogens with zero attached hydrogens (tertiary/aromatic N) is 3. The van der Waals surface area contributed by atoms with E-state index in [4.69, 9.17) is 15.2 Å². The van der Waals surface area contributed by atoms with Crippen LogP contribution >= 0.6 is 0 Å². The van der Waals surface area contributed by atoms with Gasteiger partial charge in [-0.25, -0.2) is 0 Å². The van der Waals surface area contributed by atoms with E-state index in [0.717, 1.165) is 53.6 Å². The molecule has 152 valence electrons. The molecule has 0 radical (unpaired) electrons.